The van der Waals surface area contributed by atoms with Crippen LogP contribution < -0.4 is 4.57 Å². The van der Waals surface area contributed by atoms with E-state index < -0.39 is 5.97 Å². The third-order valence-corrected chi connectivity index (χ3v) is 5.39. The predicted molar refractivity (Wildman–Crippen MR) is 84.5 cm³/mol. The lowest BCUT2D eigenvalue weighted by Crippen LogP contribution is -2.54. The second kappa shape index (κ2) is 5.79. The highest BCUT2D eigenvalue weighted by atomic mass is 32.2. The molecule has 4 heterocycles. The van der Waals surface area contributed by atoms with Gasteiger partial charge in [-0.25, -0.2) is 14.3 Å². The summed E-state index contributed by atoms with van der Waals surface area (Å²) in [5.74, 6) is 0.136. The summed E-state index contributed by atoms with van der Waals surface area (Å²) in [6.07, 6.45) is 7.16. The minimum atomic E-state index is -1.04. The van der Waals surface area contributed by atoms with Crippen molar-refractivity contribution in [1.29, 1.82) is 0 Å². The van der Waals surface area contributed by atoms with Crippen LogP contribution in [0.1, 0.15) is 6.42 Å². The molecule has 1 amide bonds. The zero-order valence-electron chi connectivity index (χ0n) is 12.6. The highest BCUT2D eigenvalue weighted by molar-refractivity contribution is 8.00. The Bertz CT molecular complexity index is 830. The van der Waals surface area contributed by atoms with Crippen LogP contribution in [-0.2, 0) is 16.1 Å². The Morgan fingerprint density at radius 1 is 1.46 bits per heavy atom. The molecular formula is C16H14N3O4S+. The summed E-state index contributed by atoms with van der Waals surface area (Å²) in [4.78, 5) is 28.7. The molecule has 1 N–H and O–H groups in total. The van der Waals surface area contributed by atoms with Crippen LogP contribution in [0.3, 0.4) is 0 Å². The van der Waals surface area contributed by atoms with Gasteiger partial charge in [0.1, 0.15) is 5.70 Å². The number of hydrogen-bond donors (Lipinski definition) is 1. The Balaban J connectivity index is 1.60. The first-order valence-electron chi connectivity index (χ1n) is 7.40. The number of aromatic nitrogens is 2. The molecule has 2 aromatic rings. The lowest BCUT2D eigenvalue weighted by atomic mass is 10.1. The average molecular weight is 344 g/mol. The van der Waals surface area contributed by atoms with Crippen molar-refractivity contribution in [3.8, 4) is 11.3 Å². The molecule has 0 radical (unpaired) electrons. The fourth-order valence-corrected chi connectivity index (χ4v) is 4.16. The summed E-state index contributed by atoms with van der Waals surface area (Å²) in [6.45, 7) is 0.432. The Kier molecular flexibility index (Phi) is 3.61. The molecular weight excluding hydrogens is 330 g/mol. The number of nitrogens with zero attached hydrogens (tertiary/aromatic N) is 3. The number of aliphatic carboxylic acids is 1. The van der Waals surface area contributed by atoms with Crippen LogP contribution in [0.25, 0.3) is 11.3 Å². The summed E-state index contributed by atoms with van der Waals surface area (Å²) >= 11 is 1.61. The number of carbonyl (C=O) groups is 2. The first-order valence-corrected chi connectivity index (χ1v) is 8.45. The van der Waals surface area contributed by atoms with Gasteiger partial charge in [-0.2, -0.15) is 0 Å². The van der Waals surface area contributed by atoms with Crippen molar-refractivity contribution < 1.29 is 23.7 Å². The quantitative estimate of drug-likeness (QED) is 0.664. The maximum absolute atomic E-state index is 11.7. The Hall–Kier alpha value is -2.61. The fraction of sp³-hybridized carbons (Fsp3) is 0.250. The van der Waals surface area contributed by atoms with Crippen molar-refractivity contribution in [1.82, 2.24) is 9.88 Å². The minimum absolute atomic E-state index is 0.0221. The second-order valence-electron chi connectivity index (χ2n) is 5.62. The van der Waals surface area contributed by atoms with Crippen LogP contribution in [-0.4, -0.2) is 38.0 Å². The number of hydrogen-bond acceptors (Lipinski definition) is 5. The van der Waals surface area contributed by atoms with Crippen molar-refractivity contribution in [3.05, 3.63) is 48.4 Å². The van der Waals surface area contributed by atoms with Gasteiger partial charge in [0.15, 0.2) is 31.1 Å². The van der Waals surface area contributed by atoms with Crippen molar-refractivity contribution in [2.45, 2.75) is 18.3 Å². The number of β-lactam (4-membered cyclic amide) rings is 1. The molecule has 0 unspecified atom stereocenters. The minimum Gasteiger partial charge on any atom is -0.477 e. The van der Waals surface area contributed by atoms with Crippen molar-refractivity contribution in [2.24, 2.45) is 0 Å². The second-order valence-corrected chi connectivity index (χ2v) is 6.78. The molecule has 7 nitrogen and oxygen atoms in total. The molecule has 2 aromatic heterocycles. The van der Waals surface area contributed by atoms with Gasteiger partial charge in [-0.3, -0.25) is 9.69 Å². The number of rotatable bonds is 4. The van der Waals surface area contributed by atoms with Crippen LogP contribution >= 0.6 is 11.8 Å². The van der Waals surface area contributed by atoms with Crippen LogP contribution in [0.4, 0.5) is 0 Å². The van der Waals surface area contributed by atoms with Gasteiger partial charge in [-0.1, -0.05) is 0 Å². The molecule has 0 aliphatic carbocycles. The van der Waals surface area contributed by atoms with Crippen LogP contribution in [0.5, 0.6) is 0 Å². The van der Waals surface area contributed by atoms with Gasteiger partial charge in [0, 0.05) is 29.0 Å². The van der Waals surface area contributed by atoms with Gasteiger partial charge in [0.25, 0.3) is 0 Å². The largest absolute Gasteiger partial charge is 0.477 e. The predicted octanol–water partition coefficient (Wildman–Crippen LogP) is 1.27. The molecule has 0 saturated carbocycles. The first kappa shape index (κ1) is 14.9. The number of pyridine rings is 1. The topological polar surface area (TPSA) is 87.5 Å². The summed E-state index contributed by atoms with van der Waals surface area (Å²) in [6, 6.07) is 3.77. The number of carboxylic acids is 1. The SMILES string of the molecule is O=C(O)C1=C(C[n+]2ccc(-c3cnco3)cc2)CS[C@H]2CC(=O)N12. The first-order chi connectivity index (χ1) is 11.6. The Morgan fingerprint density at radius 2 is 2.25 bits per heavy atom. The fourth-order valence-electron chi connectivity index (χ4n) is 2.91. The molecule has 122 valence electrons. The van der Waals surface area contributed by atoms with Crippen LogP contribution in [0, 0.1) is 0 Å². The number of oxazole rings is 1. The van der Waals surface area contributed by atoms with E-state index in [0.717, 1.165) is 11.1 Å². The Labute approximate surface area is 141 Å². The zero-order valence-corrected chi connectivity index (χ0v) is 13.4. The third-order valence-electron chi connectivity index (χ3n) is 4.12. The molecule has 0 bridgehead atoms. The molecule has 1 fully saturated rings. The number of thioether (sulfide) groups is 1. The molecule has 0 spiro atoms. The molecule has 24 heavy (non-hydrogen) atoms. The molecule has 8 heteroatoms. The summed E-state index contributed by atoms with van der Waals surface area (Å²) in [7, 11) is 0. The summed E-state index contributed by atoms with van der Waals surface area (Å²) in [5.41, 5.74) is 1.78. The number of carbonyl (C=O) groups excluding carboxylic acids is 1. The van der Waals surface area contributed by atoms with Gasteiger partial charge in [-0.15, -0.1) is 11.8 Å². The van der Waals surface area contributed by atoms with E-state index in [1.165, 1.54) is 11.3 Å². The maximum Gasteiger partial charge on any atom is 0.352 e. The summed E-state index contributed by atoms with van der Waals surface area (Å²) < 4.78 is 7.14. The number of fused-ring (bicyclic) bond motifs is 1. The van der Waals surface area contributed by atoms with E-state index in [-0.39, 0.29) is 17.0 Å². The summed E-state index contributed by atoms with van der Waals surface area (Å²) in [5, 5.41) is 9.48. The monoisotopic (exact) mass is 344 g/mol. The van der Waals surface area contributed by atoms with E-state index in [1.54, 1.807) is 18.0 Å². The maximum atomic E-state index is 11.7. The molecule has 1 atom stereocenters. The lowest BCUT2D eigenvalue weighted by molar-refractivity contribution is -0.689. The normalized spacial score (nSPS) is 19.9. The standard InChI is InChI=1S/C16H13N3O4S/c20-13-5-14-19(13)15(16(21)22)11(8-24-14)7-18-3-1-10(2-4-18)12-6-17-9-23-12/h1-4,6,9,14H,5,7-8H2/p+1/t14-/m0/s1. The van der Waals surface area contributed by atoms with Crippen molar-refractivity contribution in [2.75, 3.05) is 5.75 Å². The van der Waals surface area contributed by atoms with Crippen LogP contribution in [0.15, 0.2) is 52.8 Å². The average Bonchev–Trinajstić information content (AvgIpc) is 3.10. The molecule has 0 aromatic carbocycles. The molecule has 1 saturated heterocycles. The molecule has 4 rings (SSSR count). The van der Waals surface area contributed by atoms with E-state index in [1.807, 2.05) is 29.1 Å². The van der Waals surface area contributed by atoms with Gasteiger partial charge in [0.2, 0.25) is 5.91 Å². The van der Waals surface area contributed by atoms with E-state index in [2.05, 4.69) is 4.98 Å². The van der Waals surface area contributed by atoms with Crippen molar-refractivity contribution >= 4 is 23.6 Å². The highest BCUT2D eigenvalue weighted by Crippen LogP contribution is 2.39. The van der Waals surface area contributed by atoms with Crippen molar-refractivity contribution in [3.63, 3.8) is 0 Å². The van der Waals surface area contributed by atoms with E-state index >= 15 is 0 Å². The number of amides is 1. The van der Waals surface area contributed by atoms with E-state index in [4.69, 9.17) is 4.42 Å². The van der Waals surface area contributed by atoms with E-state index in [9.17, 15) is 14.7 Å². The Morgan fingerprint density at radius 3 is 2.88 bits per heavy atom. The van der Waals surface area contributed by atoms with Crippen LogP contribution in [0.2, 0.25) is 0 Å². The zero-order chi connectivity index (χ0) is 16.7. The van der Waals surface area contributed by atoms with Gasteiger partial charge >= 0.3 is 5.97 Å². The number of carboxylic acid groups (broad SMARTS) is 1. The smallest absolute Gasteiger partial charge is 0.352 e. The van der Waals surface area contributed by atoms with Gasteiger partial charge in [-0.05, 0) is 0 Å². The molecule has 2 aliphatic heterocycles. The van der Waals surface area contributed by atoms with E-state index in [0.29, 0.717) is 24.5 Å². The molecule has 2 aliphatic rings. The third kappa shape index (κ3) is 2.48. The van der Waals surface area contributed by atoms with Gasteiger partial charge in [0.05, 0.1) is 18.0 Å². The highest BCUT2D eigenvalue weighted by Gasteiger charge is 2.45. The lowest BCUT2D eigenvalue weighted by Gasteiger charge is -2.43. The van der Waals surface area contributed by atoms with Gasteiger partial charge < -0.3 is 9.52 Å².